The largest absolute Gasteiger partial charge is 0.449 e. The zero-order valence-corrected chi connectivity index (χ0v) is 7.33. The highest BCUT2D eigenvalue weighted by Crippen LogP contribution is 2.26. The molecular formula is C6H3F3N4S. The Morgan fingerprint density at radius 3 is 2.71 bits per heavy atom. The summed E-state index contributed by atoms with van der Waals surface area (Å²) in [5, 5.41) is 0. The fourth-order valence-electron chi connectivity index (χ4n) is 0.984. The summed E-state index contributed by atoms with van der Waals surface area (Å²) >= 11 is 4.66. The van der Waals surface area contributed by atoms with Crippen LogP contribution in [0.2, 0.25) is 0 Å². The molecule has 0 amide bonds. The van der Waals surface area contributed by atoms with E-state index in [1.807, 2.05) is 4.98 Å². The molecule has 0 saturated heterocycles. The average molecular weight is 220 g/mol. The summed E-state index contributed by atoms with van der Waals surface area (Å²) in [6, 6.07) is 0. The van der Waals surface area contributed by atoms with E-state index in [1.54, 1.807) is 0 Å². The first-order valence-corrected chi connectivity index (χ1v) is 3.90. The van der Waals surface area contributed by atoms with E-state index in [-0.39, 0.29) is 10.3 Å². The van der Waals surface area contributed by atoms with Gasteiger partial charge in [-0.1, -0.05) is 12.2 Å². The maximum absolute atomic E-state index is 12.2. The third kappa shape index (κ3) is 1.37. The molecule has 0 aromatic carbocycles. The van der Waals surface area contributed by atoms with Crippen LogP contribution in [0.1, 0.15) is 5.82 Å². The highest BCUT2D eigenvalue weighted by atomic mass is 32.1. The van der Waals surface area contributed by atoms with E-state index in [1.165, 1.54) is 6.33 Å². The monoisotopic (exact) mass is 220 g/mol. The van der Waals surface area contributed by atoms with Crippen LogP contribution in [-0.4, -0.2) is 19.9 Å². The van der Waals surface area contributed by atoms with Gasteiger partial charge in [0, 0.05) is 0 Å². The highest BCUT2D eigenvalue weighted by molar-refractivity contribution is 7.71. The summed E-state index contributed by atoms with van der Waals surface area (Å²) in [5.41, 5.74) is 0.352. The van der Waals surface area contributed by atoms with Crippen LogP contribution in [0.25, 0.3) is 11.2 Å². The molecular weight excluding hydrogens is 217 g/mol. The minimum absolute atomic E-state index is 0.0531. The van der Waals surface area contributed by atoms with Crippen LogP contribution in [0, 0.1) is 4.64 Å². The molecule has 0 radical (unpaired) electrons. The molecule has 2 aromatic rings. The van der Waals surface area contributed by atoms with Gasteiger partial charge in [-0.25, -0.2) is 9.97 Å². The predicted octanol–water partition coefficient (Wildman–Crippen LogP) is 2.03. The topological polar surface area (TPSA) is 57.4 Å². The summed E-state index contributed by atoms with van der Waals surface area (Å²) in [6.45, 7) is 0. The lowest BCUT2D eigenvalue weighted by Crippen LogP contribution is -2.11. The van der Waals surface area contributed by atoms with Crippen molar-refractivity contribution in [2.75, 3.05) is 0 Å². The van der Waals surface area contributed by atoms with Crippen LogP contribution >= 0.6 is 12.2 Å². The number of hydrogen-bond donors (Lipinski definition) is 2. The molecule has 2 heterocycles. The third-order valence-electron chi connectivity index (χ3n) is 1.57. The Balaban J connectivity index is 2.77. The van der Waals surface area contributed by atoms with Crippen molar-refractivity contribution < 1.29 is 13.2 Å². The molecule has 0 unspecified atom stereocenters. The lowest BCUT2D eigenvalue weighted by atomic mass is 10.5. The van der Waals surface area contributed by atoms with E-state index in [0.29, 0.717) is 5.52 Å². The number of aromatic amines is 2. The number of halogens is 3. The quantitative estimate of drug-likeness (QED) is 0.668. The minimum atomic E-state index is -4.54. The number of H-pyrrole nitrogens is 2. The van der Waals surface area contributed by atoms with Gasteiger partial charge in [0.2, 0.25) is 5.82 Å². The van der Waals surface area contributed by atoms with Gasteiger partial charge in [0.15, 0.2) is 10.3 Å². The fourth-order valence-corrected chi connectivity index (χ4v) is 1.23. The predicted molar refractivity (Wildman–Crippen MR) is 44.1 cm³/mol. The van der Waals surface area contributed by atoms with Crippen LogP contribution in [0.4, 0.5) is 13.2 Å². The van der Waals surface area contributed by atoms with Gasteiger partial charge < -0.3 is 9.97 Å². The number of imidazole rings is 1. The molecule has 0 bridgehead atoms. The van der Waals surface area contributed by atoms with Gasteiger partial charge in [0.1, 0.15) is 5.52 Å². The van der Waals surface area contributed by atoms with Gasteiger partial charge in [-0.15, -0.1) is 0 Å². The maximum Gasteiger partial charge on any atom is 0.449 e. The van der Waals surface area contributed by atoms with Gasteiger partial charge in [-0.2, -0.15) is 13.2 Å². The van der Waals surface area contributed by atoms with E-state index in [9.17, 15) is 13.2 Å². The van der Waals surface area contributed by atoms with Crippen molar-refractivity contribution in [1.82, 2.24) is 19.9 Å². The van der Waals surface area contributed by atoms with Gasteiger partial charge in [0.05, 0.1) is 6.33 Å². The minimum Gasteiger partial charge on any atom is -0.341 e. The summed E-state index contributed by atoms with van der Waals surface area (Å²) in [7, 11) is 0. The van der Waals surface area contributed by atoms with Crippen LogP contribution < -0.4 is 0 Å². The molecule has 2 N–H and O–H groups in total. The van der Waals surface area contributed by atoms with Gasteiger partial charge >= 0.3 is 6.18 Å². The first-order chi connectivity index (χ1) is 6.48. The number of nitrogens with one attached hydrogen (secondary N) is 2. The standard InChI is InChI=1S/C6H3F3N4S/c7-6(8,9)5-12-3-2(4(14)13-5)10-1-11-3/h1H,(H2,10,11,12,13,14). The van der Waals surface area contributed by atoms with Gasteiger partial charge in [0.25, 0.3) is 0 Å². The van der Waals surface area contributed by atoms with E-state index in [2.05, 4.69) is 27.2 Å². The van der Waals surface area contributed by atoms with E-state index in [4.69, 9.17) is 0 Å². The molecule has 0 spiro atoms. The maximum atomic E-state index is 12.2. The summed E-state index contributed by atoms with van der Waals surface area (Å²) in [5.74, 6) is -1.14. The Morgan fingerprint density at radius 1 is 1.36 bits per heavy atom. The molecule has 8 heteroatoms. The number of alkyl halides is 3. The molecule has 2 aromatic heterocycles. The lowest BCUT2D eigenvalue weighted by molar-refractivity contribution is -0.144. The highest BCUT2D eigenvalue weighted by Gasteiger charge is 2.34. The van der Waals surface area contributed by atoms with Gasteiger partial charge in [-0.3, -0.25) is 0 Å². The zero-order chi connectivity index (χ0) is 10.3. The summed E-state index contributed by atoms with van der Waals surface area (Å²) < 4.78 is 36.5. The van der Waals surface area contributed by atoms with Crippen molar-refractivity contribution in [3.05, 3.63) is 16.8 Å². The van der Waals surface area contributed by atoms with Crippen molar-refractivity contribution in [2.45, 2.75) is 6.18 Å². The first kappa shape index (κ1) is 9.13. The summed E-state index contributed by atoms with van der Waals surface area (Å²) in [6.07, 6.45) is -3.29. The Labute approximate surface area is 80.2 Å². The lowest BCUT2D eigenvalue weighted by Gasteiger charge is -2.04. The second-order valence-electron chi connectivity index (χ2n) is 2.51. The van der Waals surface area contributed by atoms with Crippen LogP contribution in [-0.2, 0) is 6.18 Å². The SMILES string of the molecule is FC(F)(F)c1nc(=S)c2[nH]cnc2[nH]1. The molecule has 74 valence electrons. The molecule has 0 aliphatic rings. The van der Waals surface area contributed by atoms with Crippen molar-refractivity contribution in [1.29, 1.82) is 0 Å². The molecule has 0 fully saturated rings. The molecule has 14 heavy (non-hydrogen) atoms. The number of nitrogens with zero attached hydrogens (tertiary/aromatic N) is 2. The van der Waals surface area contributed by atoms with Crippen molar-refractivity contribution >= 4 is 23.4 Å². The Hall–Kier alpha value is -1.44. The van der Waals surface area contributed by atoms with Crippen LogP contribution in [0.15, 0.2) is 6.33 Å². The number of aromatic nitrogens is 4. The van der Waals surface area contributed by atoms with E-state index in [0.717, 1.165) is 0 Å². The first-order valence-electron chi connectivity index (χ1n) is 3.49. The van der Waals surface area contributed by atoms with E-state index < -0.39 is 12.0 Å². The zero-order valence-electron chi connectivity index (χ0n) is 6.51. The third-order valence-corrected chi connectivity index (χ3v) is 1.87. The molecule has 0 saturated carbocycles. The Morgan fingerprint density at radius 2 is 2.07 bits per heavy atom. The van der Waals surface area contributed by atoms with Crippen molar-refractivity contribution in [3.63, 3.8) is 0 Å². The second-order valence-corrected chi connectivity index (χ2v) is 2.90. The molecule has 4 nitrogen and oxygen atoms in total. The smallest absolute Gasteiger partial charge is 0.341 e. The van der Waals surface area contributed by atoms with Crippen LogP contribution in [0.5, 0.6) is 0 Å². The molecule has 0 aliphatic heterocycles. The Kier molecular flexibility index (Phi) is 1.81. The Bertz CT molecular complexity index is 526. The number of rotatable bonds is 0. The van der Waals surface area contributed by atoms with Crippen molar-refractivity contribution in [3.8, 4) is 0 Å². The number of hydrogen-bond acceptors (Lipinski definition) is 3. The fraction of sp³-hybridized carbons (Fsp3) is 0.167. The second kappa shape index (κ2) is 2.77. The van der Waals surface area contributed by atoms with E-state index >= 15 is 0 Å². The average Bonchev–Trinajstić information content (AvgIpc) is 2.50. The van der Waals surface area contributed by atoms with Crippen molar-refractivity contribution in [2.24, 2.45) is 0 Å². The molecule has 0 aliphatic carbocycles. The van der Waals surface area contributed by atoms with Crippen LogP contribution in [0.3, 0.4) is 0 Å². The normalized spacial score (nSPS) is 12.2. The molecule has 0 atom stereocenters. The van der Waals surface area contributed by atoms with Gasteiger partial charge in [-0.05, 0) is 0 Å². The molecule has 2 rings (SSSR count). The summed E-state index contributed by atoms with van der Waals surface area (Å²) in [4.78, 5) is 11.5. The number of fused-ring (bicyclic) bond motifs is 1.